The first-order valence-corrected chi connectivity index (χ1v) is 9.15. The lowest BCUT2D eigenvalue weighted by atomic mass is 10.2. The van der Waals surface area contributed by atoms with Gasteiger partial charge in [0.2, 0.25) is 0 Å². The van der Waals surface area contributed by atoms with Crippen LogP contribution in [-0.2, 0) is 16.1 Å². The molecule has 0 aliphatic carbocycles. The molecule has 144 valence electrons. The largest absolute Gasteiger partial charge is 0.493 e. The number of rotatable bonds is 8. The van der Waals surface area contributed by atoms with Gasteiger partial charge in [0.15, 0.2) is 18.1 Å². The van der Waals surface area contributed by atoms with Crippen LogP contribution in [0, 0.1) is 0 Å². The number of amides is 1. The highest BCUT2D eigenvalue weighted by Gasteiger charge is 2.21. The van der Waals surface area contributed by atoms with Crippen LogP contribution in [0.5, 0.6) is 11.5 Å². The Morgan fingerprint density at radius 1 is 1.15 bits per heavy atom. The monoisotopic (exact) mass is 370 g/mol. The van der Waals surface area contributed by atoms with Crippen LogP contribution in [0.15, 0.2) is 54.6 Å². The summed E-state index contributed by atoms with van der Waals surface area (Å²) < 4.78 is 16.5. The predicted octanol–water partition coefficient (Wildman–Crippen LogP) is 2.09. The molecular weight excluding hydrogens is 344 g/mol. The third-order valence-electron chi connectivity index (χ3n) is 4.43. The van der Waals surface area contributed by atoms with Crippen LogP contribution in [0.1, 0.15) is 5.56 Å². The van der Waals surface area contributed by atoms with Crippen molar-refractivity contribution in [3.05, 3.63) is 60.2 Å². The summed E-state index contributed by atoms with van der Waals surface area (Å²) in [6, 6.07) is 17.6. The lowest BCUT2D eigenvalue weighted by molar-refractivity contribution is -0.124. The van der Waals surface area contributed by atoms with Gasteiger partial charge in [0.05, 0.1) is 19.8 Å². The van der Waals surface area contributed by atoms with Crippen molar-refractivity contribution in [1.29, 1.82) is 0 Å². The topological polar surface area (TPSA) is 60.0 Å². The number of para-hydroxylation sites is 2. The molecule has 1 N–H and O–H groups in total. The fourth-order valence-electron chi connectivity index (χ4n) is 3.05. The average Bonchev–Trinajstić information content (AvgIpc) is 2.72. The lowest BCUT2D eigenvalue weighted by Gasteiger charge is -2.33. The molecule has 0 aromatic heterocycles. The minimum absolute atomic E-state index is 0.0160. The van der Waals surface area contributed by atoms with Gasteiger partial charge in [-0.2, -0.15) is 0 Å². The van der Waals surface area contributed by atoms with Crippen molar-refractivity contribution >= 4 is 5.91 Å². The van der Waals surface area contributed by atoms with E-state index in [1.807, 2.05) is 18.2 Å². The van der Waals surface area contributed by atoms with Crippen LogP contribution in [0.25, 0.3) is 0 Å². The molecule has 27 heavy (non-hydrogen) atoms. The van der Waals surface area contributed by atoms with Gasteiger partial charge in [-0.05, 0) is 17.7 Å². The Kier molecular flexibility index (Phi) is 7.07. The van der Waals surface area contributed by atoms with Gasteiger partial charge in [0.1, 0.15) is 0 Å². The highest BCUT2D eigenvalue weighted by Crippen LogP contribution is 2.25. The zero-order valence-corrected chi connectivity index (χ0v) is 15.6. The smallest absolute Gasteiger partial charge is 0.258 e. The third kappa shape index (κ3) is 5.98. The fourth-order valence-corrected chi connectivity index (χ4v) is 3.05. The van der Waals surface area contributed by atoms with Crippen LogP contribution in [0.4, 0.5) is 0 Å². The molecule has 1 unspecified atom stereocenters. The summed E-state index contributed by atoms with van der Waals surface area (Å²) in [7, 11) is 1.57. The number of nitrogens with zero attached hydrogens (tertiary/aromatic N) is 1. The molecule has 3 rings (SSSR count). The van der Waals surface area contributed by atoms with Crippen molar-refractivity contribution in [1.82, 2.24) is 10.2 Å². The standard InChI is InChI=1S/C21H26N2O4/c1-25-19-9-5-6-10-20(19)27-16-21(24)22-13-18-15-23(11-12-26-18)14-17-7-3-2-4-8-17/h2-10,18H,11-16H2,1H3,(H,22,24). The normalized spacial score (nSPS) is 17.3. The zero-order valence-electron chi connectivity index (χ0n) is 15.6. The van der Waals surface area contributed by atoms with Crippen molar-refractivity contribution in [3.63, 3.8) is 0 Å². The van der Waals surface area contributed by atoms with Gasteiger partial charge >= 0.3 is 0 Å². The van der Waals surface area contributed by atoms with Gasteiger partial charge < -0.3 is 19.5 Å². The first-order valence-electron chi connectivity index (χ1n) is 9.15. The second-order valence-electron chi connectivity index (χ2n) is 6.46. The molecule has 1 atom stereocenters. The highest BCUT2D eigenvalue weighted by molar-refractivity contribution is 5.77. The number of hydrogen-bond donors (Lipinski definition) is 1. The SMILES string of the molecule is COc1ccccc1OCC(=O)NCC1CN(Cc2ccccc2)CCO1. The molecule has 0 saturated carbocycles. The summed E-state index contributed by atoms with van der Waals surface area (Å²) in [4.78, 5) is 14.4. The zero-order chi connectivity index (χ0) is 18.9. The van der Waals surface area contributed by atoms with Gasteiger partial charge in [-0.3, -0.25) is 9.69 Å². The summed E-state index contributed by atoms with van der Waals surface area (Å²) in [5.74, 6) is 0.986. The van der Waals surface area contributed by atoms with E-state index in [-0.39, 0.29) is 18.6 Å². The Morgan fingerprint density at radius 2 is 1.89 bits per heavy atom. The summed E-state index contributed by atoms with van der Waals surface area (Å²) in [6.45, 7) is 3.68. The van der Waals surface area contributed by atoms with E-state index in [0.29, 0.717) is 24.7 Å². The molecule has 6 heteroatoms. The molecule has 1 aliphatic rings. The summed E-state index contributed by atoms with van der Waals surface area (Å²) in [5, 5.41) is 2.89. The molecule has 2 aromatic rings. The predicted molar refractivity (Wildman–Crippen MR) is 103 cm³/mol. The van der Waals surface area contributed by atoms with Gasteiger partial charge in [0, 0.05) is 26.2 Å². The molecule has 6 nitrogen and oxygen atoms in total. The molecule has 1 amide bonds. The number of carbonyl (C=O) groups excluding carboxylic acids is 1. The molecule has 0 spiro atoms. The lowest BCUT2D eigenvalue weighted by Crippen LogP contribution is -2.47. The first-order chi connectivity index (χ1) is 13.2. The van der Waals surface area contributed by atoms with Gasteiger partial charge in [0.25, 0.3) is 5.91 Å². The quantitative estimate of drug-likeness (QED) is 0.771. The first kappa shape index (κ1) is 19.2. The molecule has 0 bridgehead atoms. The number of ether oxygens (including phenoxy) is 3. The Hall–Kier alpha value is -2.57. The summed E-state index contributed by atoms with van der Waals surface area (Å²) >= 11 is 0. The van der Waals surface area contributed by atoms with E-state index in [4.69, 9.17) is 14.2 Å². The molecule has 0 radical (unpaired) electrons. The van der Waals surface area contributed by atoms with Gasteiger partial charge in [-0.1, -0.05) is 42.5 Å². The second-order valence-corrected chi connectivity index (χ2v) is 6.46. The molecule has 2 aromatic carbocycles. The van der Waals surface area contributed by atoms with Gasteiger partial charge in [-0.15, -0.1) is 0 Å². The highest BCUT2D eigenvalue weighted by atomic mass is 16.5. The van der Waals surface area contributed by atoms with Crippen molar-refractivity contribution in [2.75, 3.05) is 40.0 Å². The van der Waals surface area contributed by atoms with E-state index in [9.17, 15) is 4.79 Å². The molecule has 1 heterocycles. The van der Waals surface area contributed by atoms with Crippen molar-refractivity contribution in [3.8, 4) is 11.5 Å². The Balaban J connectivity index is 1.40. The minimum Gasteiger partial charge on any atom is -0.493 e. The van der Waals surface area contributed by atoms with Crippen molar-refractivity contribution in [2.45, 2.75) is 12.6 Å². The average molecular weight is 370 g/mol. The van der Waals surface area contributed by atoms with Crippen LogP contribution < -0.4 is 14.8 Å². The maximum atomic E-state index is 12.1. The Morgan fingerprint density at radius 3 is 2.67 bits per heavy atom. The maximum absolute atomic E-state index is 12.1. The van der Waals surface area contributed by atoms with Crippen LogP contribution in [-0.4, -0.2) is 56.9 Å². The Labute approximate surface area is 160 Å². The van der Waals surface area contributed by atoms with Crippen LogP contribution >= 0.6 is 0 Å². The summed E-state index contributed by atoms with van der Waals surface area (Å²) in [5.41, 5.74) is 1.28. The van der Waals surface area contributed by atoms with E-state index >= 15 is 0 Å². The second kappa shape index (κ2) is 9.94. The number of hydrogen-bond acceptors (Lipinski definition) is 5. The fraction of sp³-hybridized carbons (Fsp3) is 0.381. The molecule has 1 fully saturated rings. The number of benzene rings is 2. The molecule has 1 aliphatic heterocycles. The van der Waals surface area contributed by atoms with Gasteiger partial charge in [-0.25, -0.2) is 0 Å². The maximum Gasteiger partial charge on any atom is 0.258 e. The van der Waals surface area contributed by atoms with Crippen molar-refractivity contribution < 1.29 is 19.0 Å². The number of nitrogens with one attached hydrogen (secondary N) is 1. The van der Waals surface area contributed by atoms with E-state index in [1.54, 1.807) is 19.2 Å². The minimum atomic E-state index is -0.176. The molecule has 1 saturated heterocycles. The van der Waals surface area contributed by atoms with Crippen LogP contribution in [0.2, 0.25) is 0 Å². The van der Waals surface area contributed by atoms with Crippen LogP contribution in [0.3, 0.4) is 0 Å². The van der Waals surface area contributed by atoms with E-state index < -0.39 is 0 Å². The number of morpholine rings is 1. The Bertz CT molecular complexity index is 723. The van der Waals surface area contributed by atoms with E-state index in [1.165, 1.54) is 5.56 Å². The third-order valence-corrected chi connectivity index (χ3v) is 4.43. The van der Waals surface area contributed by atoms with Crippen molar-refractivity contribution in [2.24, 2.45) is 0 Å². The summed E-state index contributed by atoms with van der Waals surface area (Å²) in [6.07, 6.45) is -0.0160. The van der Waals surface area contributed by atoms with E-state index in [0.717, 1.165) is 19.6 Å². The van der Waals surface area contributed by atoms with E-state index in [2.05, 4.69) is 34.5 Å². The number of carbonyl (C=O) groups is 1. The molecular formula is C21H26N2O4. The number of methoxy groups -OCH3 is 1.